The number of piperidine rings is 1. The number of amides is 1. The number of anilines is 1. The van der Waals surface area contributed by atoms with Crippen LogP contribution in [0.25, 0.3) is 0 Å². The summed E-state index contributed by atoms with van der Waals surface area (Å²) in [6.07, 6.45) is -1.84. The van der Waals surface area contributed by atoms with Crippen LogP contribution < -0.4 is 5.32 Å². The summed E-state index contributed by atoms with van der Waals surface area (Å²) in [5.74, 6) is 1.48. The van der Waals surface area contributed by atoms with Crippen molar-refractivity contribution in [1.82, 2.24) is 14.7 Å². The minimum absolute atomic E-state index is 0.00408. The molecule has 1 saturated heterocycles. The lowest BCUT2D eigenvalue weighted by atomic mass is 9.84. The van der Waals surface area contributed by atoms with Crippen LogP contribution in [0.5, 0.6) is 0 Å². The van der Waals surface area contributed by atoms with Crippen LogP contribution in [0.3, 0.4) is 0 Å². The molecule has 3 aliphatic rings. The number of likely N-dealkylation sites (tertiary alicyclic amines) is 1. The molecule has 26 heavy (non-hydrogen) atoms. The van der Waals surface area contributed by atoms with E-state index in [1.54, 1.807) is 13.0 Å². The maximum absolute atomic E-state index is 13.5. The minimum atomic E-state index is -4.31. The fraction of sp³-hybridized carbons (Fsp3) is 0.778. The van der Waals surface area contributed by atoms with Gasteiger partial charge in [0.05, 0.1) is 5.69 Å². The Bertz CT molecular complexity index is 693. The van der Waals surface area contributed by atoms with Crippen LogP contribution >= 0.6 is 0 Å². The van der Waals surface area contributed by atoms with Gasteiger partial charge < -0.3 is 10.2 Å². The SMILES string of the molecule is Cc1cc2n(n1)[C@@H](C(F)(F)F)C[C@@H](C1CCN(C(=O)[C@@H]3C[C@H]3C)CC1)N2. The lowest BCUT2D eigenvalue weighted by Gasteiger charge is -2.41. The Balaban J connectivity index is 1.43. The van der Waals surface area contributed by atoms with Crippen LogP contribution in [-0.4, -0.2) is 45.9 Å². The van der Waals surface area contributed by atoms with Gasteiger partial charge in [-0.2, -0.15) is 18.3 Å². The van der Waals surface area contributed by atoms with E-state index in [0.717, 1.165) is 23.9 Å². The summed E-state index contributed by atoms with van der Waals surface area (Å²) in [5, 5.41) is 7.30. The van der Waals surface area contributed by atoms with Crippen molar-refractivity contribution >= 4 is 11.7 Å². The molecule has 5 nitrogen and oxygen atoms in total. The molecule has 0 radical (unpaired) electrons. The zero-order chi connectivity index (χ0) is 18.6. The third-order valence-corrected chi connectivity index (χ3v) is 6.19. The van der Waals surface area contributed by atoms with E-state index in [1.807, 2.05) is 4.90 Å². The predicted octanol–water partition coefficient (Wildman–Crippen LogP) is 3.37. The Kier molecular flexibility index (Phi) is 4.19. The highest BCUT2D eigenvalue weighted by Gasteiger charge is 2.48. The smallest absolute Gasteiger partial charge is 0.367 e. The third-order valence-electron chi connectivity index (χ3n) is 6.19. The van der Waals surface area contributed by atoms with Gasteiger partial charge in [0, 0.05) is 31.1 Å². The fourth-order valence-corrected chi connectivity index (χ4v) is 4.46. The maximum atomic E-state index is 13.5. The molecule has 2 fully saturated rings. The van der Waals surface area contributed by atoms with Gasteiger partial charge in [-0.25, -0.2) is 4.68 Å². The quantitative estimate of drug-likeness (QED) is 0.868. The molecular weight excluding hydrogens is 345 g/mol. The molecular formula is C18H25F3N4O. The van der Waals surface area contributed by atoms with E-state index >= 15 is 0 Å². The number of halogens is 3. The number of aromatic nitrogens is 2. The molecule has 1 amide bonds. The minimum Gasteiger partial charge on any atom is -0.367 e. The number of rotatable bonds is 2. The highest BCUT2D eigenvalue weighted by Crippen LogP contribution is 2.43. The number of aryl methyl sites for hydroxylation is 1. The van der Waals surface area contributed by atoms with E-state index in [9.17, 15) is 18.0 Å². The van der Waals surface area contributed by atoms with Crippen LogP contribution in [0.15, 0.2) is 6.07 Å². The number of nitrogens with one attached hydrogen (secondary N) is 1. The van der Waals surface area contributed by atoms with Gasteiger partial charge in [0.2, 0.25) is 5.91 Å². The Labute approximate surface area is 150 Å². The number of fused-ring (bicyclic) bond motifs is 1. The predicted molar refractivity (Wildman–Crippen MR) is 90.7 cm³/mol. The molecule has 1 N–H and O–H groups in total. The van der Waals surface area contributed by atoms with Gasteiger partial charge in [-0.3, -0.25) is 4.79 Å². The number of carbonyl (C=O) groups excluding carboxylic acids is 1. The van der Waals surface area contributed by atoms with Crippen molar-refractivity contribution in [2.75, 3.05) is 18.4 Å². The molecule has 1 aromatic heterocycles. The molecule has 144 valence electrons. The normalized spacial score (nSPS) is 32.1. The summed E-state index contributed by atoms with van der Waals surface area (Å²) in [6.45, 7) is 5.10. The highest BCUT2D eigenvalue weighted by molar-refractivity contribution is 5.81. The largest absolute Gasteiger partial charge is 0.410 e. The van der Waals surface area contributed by atoms with E-state index in [4.69, 9.17) is 0 Å². The second kappa shape index (κ2) is 6.16. The summed E-state index contributed by atoms with van der Waals surface area (Å²) in [7, 11) is 0. The van der Waals surface area contributed by atoms with Crippen LogP contribution in [0.2, 0.25) is 0 Å². The highest BCUT2D eigenvalue weighted by atomic mass is 19.4. The zero-order valence-corrected chi connectivity index (χ0v) is 15.1. The molecule has 1 aromatic rings. The summed E-state index contributed by atoms with van der Waals surface area (Å²) < 4.78 is 41.7. The number of carbonyl (C=O) groups is 1. The standard InChI is InChI=1S/C18H25F3N4O/c1-10-7-13(10)17(26)24-5-3-12(4-6-24)14-9-15(18(19,20)21)25-16(22-14)8-11(2)23-25/h8,10,12-15,22H,3-7,9H2,1-2H3/t10-,13-,14+,15-/m1/s1. The average Bonchev–Trinajstić information content (AvgIpc) is 3.19. The average molecular weight is 370 g/mol. The molecule has 1 saturated carbocycles. The first-order chi connectivity index (χ1) is 12.2. The summed E-state index contributed by atoms with van der Waals surface area (Å²) in [5.41, 5.74) is 0.585. The maximum Gasteiger partial charge on any atom is 0.410 e. The lowest BCUT2D eigenvalue weighted by molar-refractivity contribution is -0.174. The first-order valence-corrected chi connectivity index (χ1v) is 9.42. The van der Waals surface area contributed by atoms with Crippen molar-refractivity contribution in [3.63, 3.8) is 0 Å². The van der Waals surface area contributed by atoms with Gasteiger partial charge in [-0.1, -0.05) is 6.92 Å². The number of hydrogen-bond acceptors (Lipinski definition) is 3. The Morgan fingerprint density at radius 1 is 1.27 bits per heavy atom. The monoisotopic (exact) mass is 370 g/mol. The molecule has 4 rings (SSSR count). The van der Waals surface area contributed by atoms with Crippen molar-refractivity contribution in [2.24, 2.45) is 17.8 Å². The molecule has 0 unspecified atom stereocenters. The van der Waals surface area contributed by atoms with Crippen molar-refractivity contribution in [1.29, 1.82) is 0 Å². The molecule has 8 heteroatoms. The molecule has 3 heterocycles. The van der Waals surface area contributed by atoms with E-state index in [-0.39, 0.29) is 30.2 Å². The van der Waals surface area contributed by atoms with Crippen molar-refractivity contribution < 1.29 is 18.0 Å². The van der Waals surface area contributed by atoms with Gasteiger partial charge >= 0.3 is 6.18 Å². The van der Waals surface area contributed by atoms with Gasteiger partial charge in [-0.05, 0) is 44.4 Å². The van der Waals surface area contributed by atoms with Crippen LogP contribution in [-0.2, 0) is 4.79 Å². The van der Waals surface area contributed by atoms with Crippen molar-refractivity contribution in [3.8, 4) is 0 Å². The second-order valence-electron chi connectivity index (χ2n) is 8.14. The number of alkyl halides is 3. The van der Waals surface area contributed by atoms with Gasteiger partial charge in [-0.15, -0.1) is 0 Å². The first kappa shape index (κ1) is 17.7. The summed E-state index contributed by atoms with van der Waals surface area (Å²) >= 11 is 0. The summed E-state index contributed by atoms with van der Waals surface area (Å²) in [6, 6.07) is -0.135. The first-order valence-electron chi connectivity index (χ1n) is 9.42. The van der Waals surface area contributed by atoms with E-state index in [1.165, 1.54) is 0 Å². The van der Waals surface area contributed by atoms with Gasteiger partial charge in [0.1, 0.15) is 5.82 Å². The molecule has 0 bridgehead atoms. The van der Waals surface area contributed by atoms with Crippen molar-refractivity contribution in [2.45, 2.75) is 57.8 Å². The van der Waals surface area contributed by atoms with Crippen molar-refractivity contribution in [3.05, 3.63) is 11.8 Å². The molecule has 0 aromatic carbocycles. The van der Waals surface area contributed by atoms with Crippen LogP contribution in [0.4, 0.5) is 19.0 Å². The second-order valence-corrected chi connectivity index (χ2v) is 8.14. The Morgan fingerprint density at radius 3 is 2.50 bits per heavy atom. The third kappa shape index (κ3) is 3.18. The van der Waals surface area contributed by atoms with Gasteiger partial charge in [0.25, 0.3) is 0 Å². The van der Waals surface area contributed by atoms with Crippen LogP contribution in [0, 0.1) is 24.7 Å². The molecule has 1 aliphatic carbocycles. The van der Waals surface area contributed by atoms with E-state index < -0.39 is 12.2 Å². The number of hydrogen-bond donors (Lipinski definition) is 1. The summed E-state index contributed by atoms with van der Waals surface area (Å²) in [4.78, 5) is 14.3. The van der Waals surface area contributed by atoms with Crippen LogP contribution in [0.1, 0.15) is 44.3 Å². The van der Waals surface area contributed by atoms with Gasteiger partial charge in [0.15, 0.2) is 6.04 Å². The fourth-order valence-electron chi connectivity index (χ4n) is 4.46. The lowest BCUT2D eigenvalue weighted by Crippen LogP contribution is -2.47. The van der Waals surface area contributed by atoms with E-state index in [0.29, 0.717) is 30.5 Å². The Hall–Kier alpha value is -1.73. The molecule has 0 spiro atoms. The van der Waals surface area contributed by atoms with E-state index in [2.05, 4.69) is 17.3 Å². The Morgan fingerprint density at radius 2 is 1.92 bits per heavy atom. The topological polar surface area (TPSA) is 50.2 Å². The molecule has 4 atom stereocenters. The zero-order valence-electron chi connectivity index (χ0n) is 15.1. The molecule has 2 aliphatic heterocycles. The number of nitrogens with zero attached hydrogens (tertiary/aromatic N) is 3.